The first-order valence-corrected chi connectivity index (χ1v) is 7.71. The first-order valence-electron chi connectivity index (χ1n) is 7.71. The molecule has 0 spiro atoms. The Bertz CT molecular complexity index is 404. The molecule has 0 fully saturated rings. The molecule has 1 rings (SSSR count). The molecule has 0 bridgehead atoms. The number of rotatable bonds is 9. The van der Waals surface area contributed by atoms with Gasteiger partial charge in [-0.1, -0.05) is 37.1 Å². The number of aryl methyl sites for hydroxylation is 1. The van der Waals surface area contributed by atoms with E-state index < -0.39 is 0 Å². The van der Waals surface area contributed by atoms with Crippen LogP contribution >= 0.6 is 0 Å². The Morgan fingerprint density at radius 1 is 1.15 bits per heavy atom. The van der Waals surface area contributed by atoms with Crippen LogP contribution in [0.4, 0.5) is 0 Å². The van der Waals surface area contributed by atoms with Gasteiger partial charge in [0.1, 0.15) is 0 Å². The fourth-order valence-electron chi connectivity index (χ4n) is 2.30. The summed E-state index contributed by atoms with van der Waals surface area (Å²) >= 11 is 0. The fourth-order valence-corrected chi connectivity index (χ4v) is 2.30. The molecule has 3 heteroatoms. The smallest absolute Gasteiger partial charge is 0.222 e. The third-order valence-corrected chi connectivity index (χ3v) is 3.70. The van der Waals surface area contributed by atoms with Crippen molar-refractivity contribution in [3.63, 3.8) is 0 Å². The van der Waals surface area contributed by atoms with E-state index in [1.807, 2.05) is 24.0 Å². The molecule has 1 amide bonds. The van der Waals surface area contributed by atoms with E-state index in [0.717, 1.165) is 45.3 Å². The molecule has 0 heterocycles. The Balaban J connectivity index is 2.41. The highest BCUT2D eigenvalue weighted by Crippen LogP contribution is 2.12. The number of carbonyl (C=O) groups is 1. The van der Waals surface area contributed by atoms with Crippen LogP contribution in [0, 0.1) is 6.92 Å². The van der Waals surface area contributed by atoms with E-state index in [1.54, 1.807) is 0 Å². The number of hydrogen-bond donors (Lipinski definition) is 1. The molecule has 1 aromatic rings. The maximum absolute atomic E-state index is 12.2. The van der Waals surface area contributed by atoms with Crippen molar-refractivity contribution >= 4 is 5.91 Å². The summed E-state index contributed by atoms with van der Waals surface area (Å²) in [7, 11) is 0. The van der Waals surface area contributed by atoms with Gasteiger partial charge in [0.15, 0.2) is 0 Å². The average molecular weight is 276 g/mol. The van der Waals surface area contributed by atoms with Crippen LogP contribution in [-0.2, 0) is 11.3 Å². The minimum Gasteiger partial charge on any atom is -0.339 e. The van der Waals surface area contributed by atoms with Crippen LogP contribution in [0.5, 0.6) is 0 Å². The molecule has 112 valence electrons. The van der Waals surface area contributed by atoms with E-state index in [9.17, 15) is 4.79 Å². The van der Waals surface area contributed by atoms with Gasteiger partial charge in [0.2, 0.25) is 5.91 Å². The zero-order valence-electron chi connectivity index (χ0n) is 12.9. The lowest BCUT2D eigenvalue weighted by Crippen LogP contribution is -2.30. The normalized spacial score (nSPS) is 10.6. The third-order valence-electron chi connectivity index (χ3n) is 3.70. The standard InChI is InChI=1S/C17H28N2O/c1-3-19(14-16-11-8-7-10-15(16)2)17(20)12-6-4-5-9-13-18/h7-8,10-11H,3-6,9,12-14,18H2,1-2H3. The second kappa shape index (κ2) is 9.54. The van der Waals surface area contributed by atoms with Crippen LogP contribution in [0.2, 0.25) is 0 Å². The van der Waals surface area contributed by atoms with Crippen LogP contribution in [-0.4, -0.2) is 23.9 Å². The maximum atomic E-state index is 12.2. The Hall–Kier alpha value is -1.35. The van der Waals surface area contributed by atoms with Gasteiger partial charge in [0, 0.05) is 19.5 Å². The molecule has 0 aliphatic rings. The zero-order chi connectivity index (χ0) is 14.8. The Morgan fingerprint density at radius 3 is 2.50 bits per heavy atom. The van der Waals surface area contributed by atoms with E-state index in [2.05, 4.69) is 19.1 Å². The minimum atomic E-state index is 0.267. The zero-order valence-corrected chi connectivity index (χ0v) is 12.9. The van der Waals surface area contributed by atoms with Gasteiger partial charge >= 0.3 is 0 Å². The molecule has 1 aromatic carbocycles. The minimum absolute atomic E-state index is 0.267. The molecular formula is C17H28N2O. The van der Waals surface area contributed by atoms with E-state index in [1.165, 1.54) is 11.1 Å². The van der Waals surface area contributed by atoms with Crippen molar-refractivity contribution in [3.05, 3.63) is 35.4 Å². The summed E-state index contributed by atoms with van der Waals surface area (Å²) in [4.78, 5) is 14.2. The van der Waals surface area contributed by atoms with E-state index >= 15 is 0 Å². The predicted molar refractivity (Wildman–Crippen MR) is 84.4 cm³/mol. The highest BCUT2D eigenvalue weighted by atomic mass is 16.2. The number of nitrogens with two attached hydrogens (primary N) is 1. The van der Waals surface area contributed by atoms with Crippen LogP contribution in [0.1, 0.15) is 50.2 Å². The molecule has 0 saturated heterocycles. The van der Waals surface area contributed by atoms with Gasteiger partial charge in [-0.2, -0.15) is 0 Å². The summed E-state index contributed by atoms with van der Waals surface area (Å²) in [5.41, 5.74) is 7.96. The van der Waals surface area contributed by atoms with Gasteiger partial charge in [-0.3, -0.25) is 4.79 Å². The van der Waals surface area contributed by atoms with Gasteiger partial charge in [0.25, 0.3) is 0 Å². The van der Waals surface area contributed by atoms with Crippen LogP contribution < -0.4 is 5.73 Å². The lowest BCUT2D eigenvalue weighted by Gasteiger charge is -2.22. The summed E-state index contributed by atoms with van der Waals surface area (Å²) in [6.07, 6.45) is 4.93. The summed E-state index contributed by atoms with van der Waals surface area (Å²) < 4.78 is 0. The van der Waals surface area contributed by atoms with Crippen molar-refractivity contribution in [3.8, 4) is 0 Å². The average Bonchev–Trinajstić information content (AvgIpc) is 2.46. The second-order valence-electron chi connectivity index (χ2n) is 5.29. The molecular weight excluding hydrogens is 248 g/mol. The molecule has 0 aliphatic heterocycles. The molecule has 0 unspecified atom stereocenters. The fraction of sp³-hybridized carbons (Fsp3) is 0.588. The lowest BCUT2D eigenvalue weighted by atomic mass is 10.1. The summed E-state index contributed by atoms with van der Waals surface area (Å²) in [5.74, 6) is 0.267. The quantitative estimate of drug-likeness (QED) is 0.704. The number of amides is 1. The molecule has 0 saturated carbocycles. The highest BCUT2D eigenvalue weighted by molar-refractivity contribution is 5.76. The predicted octanol–water partition coefficient (Wildman–Crippen LogP) is 3.25. The van der Waals surface area contributed by atoms with E-state index in [-0.39, 0.29) is 5.91 Å². The number of nitrogens with zero attached hydrogens (tertiary/aromatic N) is 1. The highest BCUT2D eigenvalue weighted by Gasteiger charge is 2.12. The van der Waals surface area contributed by atoms with E-state index in [4.69, 9.17) is 5.73 Å². The monoisotopic (exact) mass is 276 g/mol. The molecule has 0 radical (unpaired) electrons. The van der Waals surface area contributed by atoms with Crippen molar-refractivity contribution in [1.29, 1.82) is 0 Å². The third kappa shape index (κ3) is 5.74. The van der Waals surface area contributed by atoms with Crippen molar-refractivity contribution in [2.75, 3.05) is 13.1 Å². The van der Waals surface area contributed by atoms with Gasteiger partial charge < -0.3 is 10.6 Å². The van der Waals surface area contributed by atoms with Gasteiger partial charge in [-0.15, -0.1) is 0 Å². The molecule has 0 aliphatic carbocycles. The second-order valence-corrected chi connectivity index (χ2v) is 5.29. The Kier molecular flexibility index (Phi) is 7.97. The number of benzene rings is 1. The van der Waals surface area contributed by atoms with Crippen molar-refractivity contribution in [1.82, 2.24) is 4.90 Å². The first-order chi connectivity index (χ1) is 9.69. The van der Waals surface area contributed by atoms with Crippen LogP contribution in [0.15, 0.2) is 24.3 Å². The number of unbranched alkanes of at least 4 members (excludes halogenated alkanes) is 3. The lowest BCUT2D eigenvalue weighted by molar-refractivity contribution is -0.131. The van der Waals surface area contributed by atoms with E-state index in [0.29, 0.717) is 6.42 Å². The first kappa shape index (κ1) is 16.7. The SMILES string of the molecule is CCN(Cc1ccccc1C)C(=O)CCCCCCN. The molecule has 0 atom stereocenters. The molecule has 20 heavy (non-hydrogen) atoms. The number of carbonyl (C=O) groups excluding carboxylic acids is 1. The molecule has 2 N–H and O–H groups in total. The summed E-state index contributed by atoms with van der Waals surface area (Å²) in [6, 6.07) is 8.27. The van der Waals surface area contributed by atoms with Gasteiger partial charge in [0.05, 0.1) is 0 Å². The van der Waals surface area contributed by atoms with Gasteiger partial charge in [-0.05, 0) is 44.4 Å². The van der Waals surface area contributed by atoms with Crippen LogP contribution in [0.3, 0.4) is 0 Å². The van der Waals surface area contributed by atoms with Crippen LogP contribution in [0.25, 0.3) is 0 Å². The molecule has 0 aromatic heterocycles. The topological polar surface area (TPSA) is 46.3 Å². The molecule has 3 nitrogen and oxygen atoms in total. The van der Waals surface area contributed by atoms with Crippen molar-refractivity contribution in [2.45, 2.75) is 52.5 Å². The number of hydrogen-bond acceptors (Lipinski definition) is 2. The largest absolute Gasteiger partial charge is 0.339 e. The summed E-state index contributed by atoms with van der Waals surface area (Å²) in [6.45, 7) is 6.40. The Morgan fingerprint density at radius 2 is 1.85 bits per heavy atom. The maximum Gasteiger partial charge on any atom is 0.222 e. The summed E-state index contributed by atoms with van der Waals surface area (Å²) in [5, 5.41) is 0. The van der Waals surface area contributed by atoms with Crippen molar-refractivity contribution < 1.29 is 4.79 Å². The van der Waals surface area contributed by atoms with Gasteiger partial charge in [-0.25, -0.2) is 0 Å². The van der Waals surface area contributed by atoms with Crippen molar-refractivity contribution in [2.24, 2.45) is 5.73 Å². The Labute approximate surface area is 123 Å².